The van der Waals surface area contributed by atoms with Crippen LogP contribution in [0, 0.1) is 18.8 Å². The molecule has 0 aliphatic heterocycles. The second-order valence-electron chi connectivity index (χ2n) is 6.21. The van der Waals surface area contributed by atoms with Crippen molar-refractivity contribution in [2.75, 3.05) is 0 Å². The highest BCUT2D eigenvalue weighted by molar-refractivity contribution is 5.34. The lowest BCUT2D eigenvalue weighted by molar-refractivity contribution is -0.137. The predicted molar refractivity (Wildman–Crippen MR) is 76.9 cm³/mol. The van der Waals surface area contributed by atoms with Crippen LogP contribution in [0.15, 0.2) is 18.2 Å². The maximum Gasteiger partial charge on any atom is 0.416 e. The molecule has 0 amide bonds. The monoisotopic (exact) mass is 300 g/mol. The fourth-order valence-corrected chi connectivity index (χ4v) is 3.43. The minimum Gasteiger partial charge on any atom is -0.388 e. The zero-order valence-electron chi connectivity index (χ0n) is 12.6. The van der Waals surface area contributed by atoms with Gasteiger partial charge in [-0.1, -0.05) is 32.3 Å². The van der Waals surface area contributed by atoms with Crippen LogP contribution >= 0.6 is 0 Å². The number of rotatable bonds is 3. The van der Waals surface area contributed by atoms with Crippen LogP contribution in [-0.2, 0) is 6.18 Å². The van der Waals surface area contributed by atoms with Gasteiger partial charge in [0, 0.05) is 0 Å². The zero-order valence-corrected chi connectivity index (χ0v) is 12.6. The van der Waals surface area contributed by atoms with E-state index < -0.39 is 17.8 Å². The molecule has 1 N–H and O–H groups in total. The summed E-state index contributed by atoms with van der Waals surface area (Å²) in [4.78, 5) is 0. The first-order valence-corrected chi connectivity index (χ1v) is 7.68. The van der Waals surface area contributed by atoms with Gasteiger partial charge in [0.15, 0.2) is 0 Å². The van der Waals surface area contributed by atoms with Crippen molar-refractivity contribution >= 4 is 0 Å². The van der Waals surface area contributed by atoms with Gasteiger partial charge in [-0.15, -0.1) is 0 Å². The highest BCUT2D eigenvalue weighted by atomic mass is 19.4. The number of halogens is 3. The zero-order chi connectivity index (χ0) is 15.6. The third-order valence-corrected chi connectivity index (χ3v) is 4.76. The second kappa shape index (κ2) is 6.39. The first-order chi connectivity index (χ1) is 9.82. The quantitative estimate of drug-likeness (QED) is 0.807. The molecule has 0 radical (unpaired) electrons. The first-order valence-electron chi connectivity index (χ1n) is 7.68. The van der Waals surface area contributed by atoms with Gasteiger partial charge in [-0.05, 0) is 54.9 Å². The van der Waals surface area contributed by atoms with Crippen LogP contribution in [0.25, 0.3) is 0 Å². The molecule has 3 unspecified atom stereocenters. The minimum absolute atomic E-state index is 0.166. The van der Waals surface area contributed by atoms with Crippen LogP contribution in [0.4, 0.5) is 13.2 Å². The van der Waals surface area contributed by atoms with E-state index in [2.05, 4.69) is 6.92 Å². The van der Waals surface area contributed by atoms with E-state index in [4.69, 9.17) is 0 Å². The molecular weight excluding hydrogens is 277 g/mol. The molecule has 0 heterocycles. The van der Waals surface area contributed by atoms with Gasteiger partial charge in [0.1, 0.15) is 0 Å². The number of alkyl halides is 3. The largest absolute Gasteiger partial charge is 0.416 e. The van der Waals surface area contributed by atoms with E-state index in [1.807, 2.05) is 0 Å². The van der Waals surface area contributed by atoms with Crippen LogP contribution in [0.3, 0.4) is 0 Å². The van der Waals surface area contributed by atoms with Gasteiger partial charge in [-0.3, -0.25) is 0 Å². The summed E-state index contributed by atoms with van der Waals surface area (Å²) in [6, 6.07) is 3.66. The van der Waals surface area contributed by atoms with E-state index in [-0.39, 0.29) is 5.92 Å². The highest BCUT2D eigenvalue weighted by Crippen LogP contribution is 2.40. The van der Waals surface area contributed by atoms with Gasteiger partial charge in [-0.25, -0.2) is 0 Å². The van der Waals surface area contributed by atoms with Crippen LogP contribution in [-0.4, -0.2) is 5.11 Å². The molecule has 4 heteroatoms. The fourth-order valence-electron chi connectivity index (χ4n) is 3.43. The van der Waals surface area contributed by atoms with Crippen LogP contribution in [0.1, 0.15) is 61.8 Å². The summed E-state index contributed by atoms with van der Waals surface area (Å²) in [6.45, 7) is 3.80. The molecule has 21 heavy (non-hydrogen) atoms. The van der Waals surface area contributed by atoms with Gasteiger partial charge in [0.2, 0.25) is 0 Å². The third-order valence-electron chi connectivity index (χ3n) is 4.76. The smallest absolute Gasteiger partial charge is 0.388 e. The van der Waals surface area contributed by atoms with E-state index in [0.29, 0.717) is 17.0 Å². The van der Waals surface area contributed by atoms with Gasteiger partial charge >= 0.3 is 6.18 Å². The van der Waals surface area contributed by atoms with Gasteiger partial charge in [0.05, 0.1) is 11.7 Å². The van der Waals surface area contributed by atoms with Crippen LogP contribution in [0.5, 0.6) is 0 Å². The van der Waals surface area contributed by atoms with Crippen LogP contribution < -0.4 is 0 Å². The second-order valence-corrected chi connectivity index (χ2v) is 6.21. The minimum atomic E-state index is -4.33. The average Bonchev–Trinajstić information content (AvgIpc) is 2.45. The summed E-state index contributed by atoms with van der Waals surface area (Å²) in [5.74, 6) is 0.798. The Balaban J connectivity index is 2.17. The molecule has 1 fully saturated rings. The predicted octanol–water partition coefficient (Wildman–Crippen LogP) is 5.26. The van der Waals surface area contributed by atoms with Crippen molar-refractivity contribution in [2.45, 2.75) is 58.2 Å². The SMILES string of the molecule is CCC1CCCC(C(O)c2ccc(C(F)(F)F)cc2C)C1. The Hall–Kier alpha value is -1.03. The molecule has 1 saturated carbocycles. The lowest BCUT2D eigenvalue weighted by atomic mass is 9.75. The number of hydrogen-bond acceptors (Lipinski definition) is 1. The van der Waals surface area contributed by atoms with Crippen molar-refractivity contribution in [1.29, 1.82) is 0 Å². The Morgan fingerprint density at radius 3 is 2.57 bits per heavy atom. The Kier molecular flexibility index (Phi) is 4.97. The molecule has 1 aliphatic rings. The molecule has 3 atom stereocenters. The van der Waals surface area contributed by atoms with Crippen molar-refractivity contribution in [1.82, 2.24) is 0 Å². The molecule has 0 spiro atoms. The number of aliphatic hydroxyl groups is 1. The summed E-state index contributed by atoms with van der Waals surface area (Å²) in [5, 5.41) is 10.6. The summed E-state index contributed by atoms with van der Waals surface area (Å²) >= 11 is 0. The Bertz CT molecular complexity index is 481. The Morgan fingerprint density at radius 1 is 1.29 bits per heavy atom. The van der Waals surface area contributed by atoms with E-state index in [1.54, 1.807) is 6.92 Å². The van der Waals surface area contributed by atoms with E-state index >= 15 is 0 Å². The molecule has 118 valence electrons. The van der Waals surface area contributed by atoms with Crippen molar-refractivity contribution in [3.63, 3.8) is 0 Å². The summed E-state index contributed by atoms with van der Waals surface area (Å²) in [5.41, 5.74) is 0.520. The Labute approximate surface area is 124 Å². The molecule has 0 saturated heterocycles. The molecule has 0 bridgehead atoms. The van der Waals surface area contributed by atoms with E-state index in [1.165, 1.54) is 12.5 Å². The lowest BCUT2D eigenvalue weighted by Crippen LogP contribution is -2.22. The lowest BCUT2D eigenvalue weighted by Gasteiger charge is -2.32. The maximum absolute atomic E-state index is 12.7. The van der Waals surface area contributed by atoms with Gasteiger partial charge in [0.25, 0.3) is 0 Å². The number of aliphatic hydroxyl groups excluding tert-OH is 1. The van der Waals surface area contributed by atoms with Crippen molar-refractivity contribution in [3.8, 4) is 0 Å². The molecule has 1 aromatic carbocycles. The summed E-state index contributed by atoms with van der Waals surface area (Å²) in [6.07, 6.45) is 0.352. The van der Waals surface area contributed by atoms with Crippen molar-refractivity contribution in [3.05, 3.63) is 34.9 Å². The van der Waals surface area contributed by atoms with Crippen LogP contribution in [0.2, 0.25) is 0 Å². The molecule has 1 nitrogen and oxygen atoms in total. The molecule has 1 aliphatic carbocycles. The molecule has 0 aromatic heterocycles. The number of hydrogen-bond donors (Lipinski definition) is 1. The normalized spacial score (nSPS) is 24.9. The number of aryl methyl sites for hydroxylation is 1. The highest BCUT2D eigenvalue weighted by Gasteiger charge is 2.32. The molecule has 2 rings (SSSR count). The van der Waals surface area contributed by atoms with E-state index in [9.17, 15) is 18.3 Å². The van der Waals surface area contributed by atoms with E-state index in [0.717, 1.165) is 37.8 Å². The van der Waals surface area contributed by atoms with Crippen molar-refractivity contribution in [2.24, 2.45) is 11.8 Å². The number of benzene rings is 1. The summed E-state index contributed by atoms with van der Waals surface area (Å²) in [7, 11) is 0. The topological polar surface area (TPSA) is 20.2 Å². The first kappa shape index (κ1) is 16.3. The van der Waals surface area contributed by atoms with Gasteiger partial charge in [-0.2, -0.15) is 13.2 Å². The fraction of sp³-hybridized carbons (Fsp3) is 0.647. The molecular formula is C17H23F3O. The summed E-state index contributed by atoms with van der Waals surface area (Å²) < 4.78 is 38.1. The third kappa shape index (κ3) is 3.79. The molecule has 1 aromatic rings. The Morgan fingerprint density at radius 2 is 2.00 bits per heavy atom. The standard InChI is InChI=1S/C17H23F3O/c1-3-12-5-4-6-13(10-12)16(21)15-8-7-14(9-11(15)2)17(18,19)20/h7-9,12-13,16,21H,3-6,10H2,1-2H3. The maximum atomic E-state index is 12.7. The van der Waals surface area contributed by atoms with Crippen molar-refractivity contribution < 1.29 is 18.3 Å². The average molecular weight is 300 g/mol. The van der Waals surface area contributed by atoms with Gasteiger partial charge < -0.3 is 5.11 Å².